The molecular formula is C16H12O3. The zero-order valence-electron chi connectivity index (χ0n) is 10.1. The summed E-state index contributed by atoms with van der Waals surface area (Å²) in [6.07, 6.45) is 2.23. The van der Waals surface area contributed by atoms with Gasteiger partial charge in [-0.15, -0.1) is 0 Å². The maximum Gasteiger partial charge on any atom is 0.193 e. The Morgan fingerprint density at radius 1 is 0.947 bits per heavy atom. The van der Waals surface area contributed by atoms with Crippen LogP contribution in [-0.4, -0.2) is 16.0 Å². The Labute approximate surface area is 110 Å². The molecule has 0 radical (unpaired) electrons. The SMILES string of the molecule is O=C1C(c2ccccc2)=CCc2c1ccc(O)c2O. The summed E-state index contributed by atoms with van der Waals surface area (Å²) in [4.78, 5) is 12.4. The lowest BCUT2D eigenvalue weighted by Gasteiger charge is -2.17. The van der Waals surface area contributed by atoms with Gasteiger partial charge in [0.05, 0.1) is 0 Å². The van der Waals surface area contributed by atoms with E-state index in [2.05, 4.69) is 0 Å². The smallest absolute Gasteiger partial charge is 0.193 e. The van der Waals surface area contributed by atoms with E-state index in [4.69, 9.17) is 0 Å². The second kappa shape index (κ2) is 4.28. The summed E-state index contributed by atoms with van der Waals surface area (Å²) in [6, 6.07) is 12.3. The molecule has 0 heterocycles. The van der Waals surface area contributed by atoms with Crippen molar-refractivity contribution >= 4 is 11.4 Å². The zero-order valence-corrected chi connectivity index (χ0v) is 10.1. The van der Waals surface area contributed by atoms with E-state index in [1.54, 1.807) is 12.1 Å². The van der Waals surface area contributed by atoms with E-state index in [1.807, 2.05) is 30.3 Å². The number of Topliss-reactive ketones (excluding diaryl/α,β-unsaturated/α-hetero) is 1. The molecule has 0 aliphatic heterocycles. The van der Waals surface area contributed by atoms with Crippen LogP contribution < -0.4 is 0 Å². The molecule has 1 aliphatic carbocycles. The predicted octanol–water partition coefficient (Wildman–Crippen LogP) is 2.92. The van der Waals surface area contributed by atoms with Crippen LogP contribution in [0.3, 0.4) is 0 Å². The number of phenols is 2. The number of rotatable bonds is 1. The molecule has 19 heavy (non-hydrogen) atoms. The van der Waals surface area contributed by atoms with Crippen molar-refractivity contribution in [3.05, 3.63) is 65.2 Å². The van der Waals surface area contributed by atoms with Crippen molar-refractivity contribution < 1.29 is 15.0 Å². The fourth-order valence-electron chi connectivity index (χ4n) is 2.35. The Kier molecular flexibility index (Phi) is 2.60. The largest absolute Gasteiger partial charge is 0.504 e. The summed E-state index contributed by atoms with van der Waals surface area (Å²) in [5.41, 5.74) is 2.45. The fourth-order valence-corrected chi connectivity index (χ4v) is 2.35. The van der Waals surface area contributed by atoms with Crippen LogP contribution in [0.15, 0.2) is 48.5 Å². The number of ketones is 1. The lowest BCUT2D eigenvalue weighted by molar-refractivity contribution is 0.105. The molecular weight excluding hydrogens is 240 g/mol. The van der Waals surface area contributed by atoms with E-state index in [-0.39, 0.29) is 17.3 Å². The molecule has 0 fully saturated rings. The average molecular weight is 252 g/mol. The number of fused-ring (bicyclic) bond motifs is 1. The van der Waals surface area contributed by atoms with Gasteiger partial charge in [-0.25, -0.2) is 0 Å². The summed E-state index contributed by atoms with van der Waals surface area (Å²) in [5.74, 6) is -0.514. The Bertz CT molecular complexity index is 685. The van der Waals surface area contributed by atoms with Gasteiger partial charge in [-0.3, -0.25) is 4.79 Å². The van der Waals surface area contributed by atoms with E-state index < -0.39 is 0 Å². The van der Waals surface area contributed by atoms with Gasteiger partial charge >= 0.3 is 0 Å². The minimum Gasteiger partial charge on any atom is -0.504 e. The maximum absolute atomic E-state index is 12.4. The molecule has 3 heteroatoms. The standard InChI is InChI=1S/C16H12O3/c17-14-9-8-12-13(16(14)19)7-6-11(15(12)18)10-4-2-1-3-5-10/h1-6,8-9,17,19H,7H2. The van der Waals surface area contributed by atoms with E-state index in [0.717, 1.165) is 5.56 Å². The highest BCUT2D eigenvalue weighted by atomic mass is 16.3. The summed E-state index contributed by atoms with van der Waals surface area (Å²) < 4.78 is 0. The summed E-state index contributed by atoms with van der Waals surface area (Å²) in [7, 11) is 0. The van der Waals surface area contributed by atoms with Gasteiger partial charge < -0.3 is 10.2 Å². The first kappa shape index (κ1) is 11.5. The molecule has 0 aromatic heterocycles. The Morgan fingerprint density at radius 2 is 1.68 bits per heavy atom. The van der Waals surface area contributed by atoms with Gasteiger partial charge in [0, 0.05) is 16.7 Å². The number of phenolic OH excluding ortho intramolecular Hbond substituents is 2. The predicted molar refractivity (Wildman–Crippen MR) is 72.2 cm³/mol. The molecule has 0 spiro atoms. The van der Waals surface area contributed by atoms with Gasteiger partial charge in [0.15, 0.2) is 17.3 Å². The highest BCUT2D eigenvalue weighted by molar-refractivity contribution is 6.30. The number of carbonyl (C=O) groups is 1. The van der Waals surface area contributed by atoms with E-state index in [0.29, 0.717) is 23.1 Å². The zero-order chi connectivity index (χ0) is 13.4. The number of hydrogen-bond acceptors (Lipinski definition) is 3. The van der Waals surface area contributed by atoms with E-state index in [1.165, 1.54) is 6.07 Å². The van der Waals surface area contributed by atoms with Crippen molar-refractivity contribution in [1.82, 2.24) is 0 Å². The number of allylic oxidation sites excluding steroid dienone is 2. The molecule has 1 aliphatic rings. The van der Waals surface area contributed by atoms with Crippen molar-refractivity contribution in [3.63, 3.8) is 0 Å². The molecule has 2 N–H and O–H groups in total. The molecule has 94 valence electrons. The monoisotopic (exact) mass is 252 g/mol. The Balaban J connectivity index is 2.10. The molecule has 0 saturated heterocycles. The van der Waals surface area contributed by atoms with Crippen LogP contribution in [0.25, 0.3) is 5.57 Å². The maximum atomic E-state index is 12.4. The first-order valence-corrected chi connectivity index (χ1v) is 6.02. The highest BCUT2D eigenvalue weighted by Gasteiger charge is 2.24. The third-order valence-corrected chi connectivity index (χ3v) is 3.35. The first-order valence-electron chi connectivity index (χ1n) is 6.02. The van der Waals surface area contributed by atoms with Crippen molar-refractivity contribution in [2.24, 2.45) is 0 Å². The minimum absolute atomic E-state index is 0.122. The summed E-state index contributed by atoms with van der Waals surface area (Å²) in [6.45, 7) is 0. The van der Waals surface area contributed by atoms with Crippen molar-refractivity contribution in [1.29, 1.82) is 0 Å². The molecule has 0 saturated carbocycles. The van der Waals surface area contributed by atoms with Gasteiger partial charge in [-0.05, 0) is 24.1 Å². The normalized spacial score (nSPS) is 13.9. The van der Waals surface area contributed by atoms with Gasteiger partial charge in [0.25, 0.3) is 0 Å². The van der Waals surface area contributed by atoms with Crippen LogP contribution in [0.1, 0.15) is 21.5 Å². The molecule has 2 aromatic carbocycles. The van der Waals surface area contributed by atoms with Gasteiger partial charge in [0.1, 0.15) is 0 Å². The summed E-state index contributed by atoms with van der Waals surface area (Å²) in [5, 5.41) is 19.2. The molecule has 0 amide bonds. The first-order chi connectivity index (χ1) is 9.18. The molecule has 3 rings (SSSR count). The van der Waals surface area contributed by atoms with Crippen molar-refractivity contribution in [2.45, 2.75) is 6.42 Å². The van der Waals surface area contributed by atoms with E-state index in [9.17, 15) is 15.0 Å². The molecule has 2 aromatic rings. The van der Waals surface area contributed by atoms with E-state index >= 15 is 0 Å². The highest BCUT2D eigenvalue weighted by Crippen LogP contribution is 2.37. The molecule has 0 unspecified atom stereocenters. The molecule has 0 atom stereocenters. The lowest BCUT2D eigenvalue weighted by atomic mass is 9.86. The second-order valence-electron chi connectivity index (χ2n) is 4.48. The minimum atomic E-state index is -0.200. The van der Waals surface area contributed by atoms with Gasteiger partial charge in [-0.1, -0.05) is 36.4 Å². The molecule has 3 nitrogen and oxygen atoms in total. The average Bonchev–Trinajstić information content (AvgIpc) is 2.44. The second-order valence-corrected chi connectivity index (χ2v) is 4.48. The topological polar surface area (TPSA) is 57.5 Å². The quantitative estimate of drug-likeness (QED) is 0.767. The van der Waals surface area contributed by atoms with Crippen LogP contribution in [0, 0.1) is 0 Å². The lowest BCUT2D eigenvalue weighted by Crippen LogP contribution is -2.11. The van der Waals surface area contributed by atoms with Crippen molar-refractivity contribution in [3.8, 4) is 11.5 Å². The fraction of sp³-hybridized carbons (Fsp3) is 0.0625. The van der Waals surface area contributed by atoms with Crippen LogP contribution >= 0.6 is 0 Å². The van der Waals surface area contributed by atoms with Gasteiger partial charge in [0.2, 0.25) is 0 Å². The number of aromatic hydroxyl groups is 2. The van der Waals surface area contributed by atoms with Crippen LogP contribution in [0.5, 0.6) is 11.5 Å². The van der Waals surface area contributed by atoms with Crippen LogP contribution in [0.2, 0.25) is 0 Å². The molecule has 0 bridgehead atoms. The Hall–Kier alpha value is -2.55. The third kappa shape index (κ3) is 1.80. The third-order valence-electron chi connectivity index (χ3n) is 3.35. The van der Waals surface area contributed by atoms with Gasteiger partial charge in [-0.2, -0.15) is 0 Å². The number of carbonyl (C=O) groups excluding carboxylic acids is 1. The summed E-state index contributed by atoms with van der Waals surface area (Å²) >= 11 is 0. The van der Waals surface area contributed by atoms with Crippen LogP contribution in [0.4, 0.5) is 0 Å². The van der Waals surface area contributed by atoms with Crippen LogP contribution in [-0.2, 0) is 6.42 Å². The van der Waals surface area contributed by atoms with Crippen molar-refractivity contribution in [2.75, 3.05) is 0 Å². The number of benzene rings is 2. The number of hydrogen-bond donors (Lipinski definition) is 2. The Morgan fingerprint density at radius 3 is 2.42 bits per heavy atom.